The molecule has 3 heteroatoms. The van der Waals surface area contributed by atoms with E-state index < -0.39 is 8.32 Å². The molecule has 2 N–H and O–H groups in total. The highest BCUT2D eigenvalue weighted by Gasteiger charge is 2.19. The van der Waals surface area contributed by atoms with E-state index in [1.165, 1.54) is 5.56 Å². The van der Waals surface area contributed by atoms with Gasteiger partial charge in [0, 0.05) is 0 Å². The zero-order valence-corrected chi connectivity index (χ0v) is 10.6. The molecule has 2 nitrogen and oxygen atoms in total. The van der Waals surface area contributed by atoms with Crippen molar-refractivity contribution in [2.75, 3.05) is 5.73 Å². The van der Waals surface area contributed by atoms with Crippen molar-refractivity contribution < 1.29 is 4.43 Å². The summed E-state index contributed by atoms with van der Waals surface area (Å²) in [5.41, 5.74) is 8.99. The van der Waals surface area contributed by atoms with Crippen molar-refractivity contribution in [1.82, 2.24) is 0 Å². The van der Waals surface area contributed by atoms with Crippen molar-refractivity contribution in [1.29, 1.82) is 0 Å². The van der Waals surface area contributed by atoms with Crippen molar-refractivity contribution in [3.8, 4) is 5.75 Å². The Bertz CT molecular complexity index is 319. The van der Waals surface area contributed by atoms with E-state index in [0.717, 1.165) is 17.0 Å². The second-order valence-corrected chi connectivity index (χ2v) is 9.14. The van der Waals surface area contributed by atoms with E-state index in [1.54, 1.807) is 0 Å². The molecule has 0 spiro atoms. The highest BCUT2D eigenvalue weighted by molar-refractivity contribution is 6.70. The van der Waals surface area contributed by atoms with Crippen LogP contribution in [0.25, 0.3) is 0 Å². The Hall–Kier alpha value is -0.963. The second kappa shape index (κ2) is 3.65. The number of hydrogen-bond acceptors (Lipinski definition) is 2. The summed E-state index contributed by atoms with van der Waals surface area (Å²) in [6.07, 6.45) is 0. The van der Waals surface area contributed by atoms with Crippen molar-refractivity contribution >= 4 is 14.0 Å². The monoisotopic (exact) mass is 209 g/mol. The number of benzene rings is 1. The third kappa shape index (κ3) is 2.77. The number of rotatable bonds is 2. The van der Waals surface area contributed by atoms with Gasteiger partial charge in [-0.1, -0.05) is 6.07 Å². The van der Waals surface area contributed by atoms with E-state index in [1.807, 2.05) is 19.9 Å². The lowest BCUT2D eigenvalue weighted by atomic mass is 10.1. The van der Waals surface area contributed by atoms with Crippen LogP contribution in [0.15, 0.2) is 12.1 Å². The van der Waals surface area contributed by atoms with Crippen LogP contribution in [0.2, 0.25) is 19.6 Å². The number of anilines is 1. The molecule has 0 radical (unpaired) electrons. The maximum absolute atomic E-state index is 5.93. The third-order valence-electron chi connectivity index (χ3n) is 1.86. The largest absolute Gasteiger partial charge is 0.543 e. The summed E-state index contributed by atoms with van der Waals surface area (Å²) in [4.78, 5) is 0. The molecule has 0 heterocycles. The first-order valence-electron chi connectivity index (χ1n) is 4.85. The Morgan fingerprint density at radius 2 is 1.71 bits per heavy atom. The van der Waals surface area contributed by atoms with E-state index in [2.05, 4.69) is 25.7 Å². The van der Waals surface area contributed by atoms with Crippen molar-refractivity contribution in [3.63, 3.8) is 0 Å². The molecule has 1 aromatic carbocycles. The predicted octanol–water partition coefficient (Wildman–Crippen LogP) is 3.10. The molecule has 0 saturated heterocycles. The minimum atomic E-state index is -1.56. The van der Waals surface area contributed by atoms with Gasteiger partial charge in [-0.15, -0.1) is 0 Å². The number of aryl methyl sites for hydroxylation is 2. The number of nitrogens with two attached hydrogens (primary N) is 1. The molecule has 0 aliphatic carbocycles. The highest BCUT2D eigenvalue weighted by atomic mass is 28.4. The van der Waals surface area contributed by atoms with Crippen molar-refractivity contribution in [3.05, 3.63) is 23.3 Å². The fourth-order valence-corrected chi connectivity index (χ4v) is 2.32. The normalized spacial score (nSPS) is 11.5. The van der Waals surface area contributed by atoms with Gasteiger partial charge in [0.15, 0.2) is 0 Å². The van der Waals surface area contributed by atoms with Crippen LogP contribution in [0.4, 0.5) is 5.69 Å². The van der Waals surface area contributed by atoms with Crippen LogP contribution in [-0.2, 0) is 0 Å². The molecule has 0 atom stereocenters. The van der Waals surface area contributed by atoms with Crippen LogP contribution < -0.4 is 10.2 Å². The van der Waals surface area contributed by atoms with E-state index >= 15 is 0 Å². The lowest BCUT2D eigenvalue weighted by Gasteiger charge is -2.22. The van der Waals surface area contributed by atoms with Gasteiger partial charge in [0.25, 0.3) is 0 Å². The molecule has 0 saturated carbocycles. The molecule has 78 valence electrons. The minimum absolute atomic E-state index is 0.755. The zero-order valence-electron chi connectivity index (χ0n) is 9.64. The maximum atomic E-state index is 5.93. The zero-order chi connectivity index (χ0) is 10.9. The molecular formula is C11H19NOSi. The molecular weight excluding hydrogens is 190 g/mol. The molecule has 0 aliphatic rings. The average Bonchev–Trinajstić information content (AvgIpc) is 1.95. The van der Waals surface area contributed by atoms with Crippen molar-refractivity contribution in [2.45, 2.75) is 33.5 Å². The minimum Gasteiger partial charge on any atom is -0.543 e. The van der Waals surface area contributed by atoms with Gasteiger partial charge in [-0.05, 0) is 50.7 Å². The van der Waals surface area contributed by atoms with E-state index in [4.69, 9.17) is 10.2 Å². The van der Waals surface area contributed by atoms with E-state index in [-0.39, 0.29) is 0 Å². The van der Waals surface area contributed by atoms with Crippen LogP contribution in [0.1, 0.15) is 11.1 Å². The molecule has 1 rings (SSSR count). The van der Waals surface area contributed by atoms with Crippen LogP contribution in [0.5, 0.6) is 5.75 Å². The van der Waals surface area contributed by atoms with Gasteiger partial charge in [-0.2, -0.15) is 0 Å². The molecule has 0 aliphatic heterocycles. The molecule has 14 heavy (non-hydrogen) atoms. The van der Waals surface area contributed by atoms with Gasteiger partial charge < -0.3 is 10.2 Å². The second-order valence-electron chi connectivity index (χ2n) is 4.71. The highest BCUT2D eigenvalue weighted by Crippen LogP contribution is 2.29. The number of nitrogen functional groups attached to an aromatic ring is 1. The first-order chi connectivity index (χ1) is 6.29. The van der Waals surface area contributed by atoms with Crippen LogP contribution >= 0.6 is 0 Å². The Balaban J connectivity index is 3.09. The molecule has 0 unspecified atom stereocenters. The van der Waals surface area contributed by atoms with Gasteiger partial charge in [0.1, 0.15) is 5.75 Å². The van der Waals surface area contributed by atoms with Gasteiger partial charge in [-0.3, -0.25) is 0 Å². The Morgan fingerprint density at radius 1 is 1.14 bits per heavy atom. The smallest absolute Gasteiger partial charge is 0.242 e. The summed E-state index contributed by atoms with van der Waals surface area (Å²) in [6.45, 7) is 10.6. The molecule has 0 amide bonds. The summed E-state index contributed by atoms with van der Waals surface area (Å²) in [6, 6.07) is 4.06. The van der Waals surface area contributed by atoms with E-state index in [0.29, 0.717) is 0 Å². The molecule has 0 bridgehead atoms. The Morgan fingerprint density at radius 3 is 2.14 bits per heavy atom. The predicted molar refractivity (Wildman–Crippen MR) is 64.3 cm³/mol. The quantitative estimate of drug-likeness (QED) is 0.600. The standard InChI is InChI=1S/C11H19NOSi/c1-8-6-9(2)11(10(12)7-8)13-14(3,4)5/h6-7H,12H2,1-5H3. The summed E-state index contributed by atoms with van der Waals surface area (Å²) in [5.74, 6) is 0.870. The summed E-state index contributed by atoms with van der Waals surface area (Å²) in [7, 11) is -1.56. The van der Waals surface area contributed by atoms with Gasteiger partial charge >= 0.3 is 0 Å². The van der Waals surface area contributed by atoms with Gasteiger partial charge in [-0.25, -0.2) is 0 Å². The SMILES string of the molecule is Cc1cc(C)c(O[Si](C)(C)C)c(N)c1. The lowest BCUT2D eigenvalue weighted by molar-refractivity contribution is 0.555. The van der Waals surface area contributed by atoms with E-state index in [9.17, 15) is 0 Å². The van der Waals surface area contributed by atoms with Gasteiger partial charge in [0.2, 0.25) is 8.32 Å². The van der Waals surface area contributed by atoms with Crippen molar-refractivity contribution in [2.24, 2.45) is 0 Å². The lowest BCUT2D eigenvalue weighted by Crippen LogP contribution is -2.30. The third-order valence-corrected chi connectivity index (χ3v) is 2.67. The van der Waals surface area contributed by atoms with Gasteiger partial charge in [0.05, 0.1) is 5.69 Å². The fraction of sp³-hybridized carbons (Fsp3) is 0.455. The Kier molecular flexibility index (Phi) is 2.90. The topological polar surface area (TPSA) is 35.2 Å². The molecule has 1 aromatic rings. The number of hydrogen-bond donors (Lipinski definition) is 1. The van der Waals surface area contributed by atoms with Crippen LogP contribution in [0, 0.1) is 13.8 Å². The van der Waals surface area contributed by atoms with Crippen LogP contribution in [-0.4, -0.2) is 8.32 Å². The molecule has 0 aromatic heterocycles. The summed E-state index contributed by atoms with van der Waals surface area (Å²) < 4.78 is 5.93. The maximum Gasteiger partial charge on any atom is 0.242 e. The summed E-state index contributed by atoms with van der Waals surface area (Å²) >= 11 is 0. The fourth-order valence-electron chi connectivity index (χ4n) is 1.43. The van der Waals surface area contributed by atoms with Crippen LogP contribution in [0.3, 0.4) is 0 Å². The molecule has 0 fully saturated rings. The first kappa shape index (κ1) is 11.1. The average molecular weight is 209 g/mol. The Labute approximate surface area is 87.2 Å². The first-order valence-corrected chi connectivity index (χ1v) is 8.26. The summed E-state index contributed by atoms with van der Waals surface area (Å²) in [5, 5.41) is 0.